The number of amides is 1. The van der Waals surface area contributed by atoms with Crippen molar-refractivity contribution in [1.82, 2.24) is 9.88 Å². The highest BCUT2D eigenvalue weighted by Crippen LogP contribution is 2.21. The summed E-state index contributed by atoms with van der Waals surface area (Å²) in [5.74, 6) is -2.51. The normalized spacial score (nSPS) is 10.5. The van der Waals surface area contributed by atoms with Gasteiger partial charge in [0.15, 0.2) is 0 Å². The predicted octanol–water partition coefficient (Wildman–Crippen LogP) is 3.70. The third-order valence-electron chi connectivity index (χ3n) is 2.91. The van der Waals surface area contributed by atoms with Gasteiger partial charge in [0.1, 0.15) is 17.2 Å². The predicted molar refractivity (Wildman–Crippen MR) is 78.8 cm³/mol. The standard InChI is InChI=1S/C15H13BrF2N2O/c1-9-4-3-5-11(19-9)8-20(2)15(21)14-12(17)6-10(16)7-13(14)18/h3-7H,8H2,1-2H3. The first kappa shape index (κ1) is 15.6. The van der Waals surface area contributed by atoms with Gasteiger partial charge in [-0.3, -0.25) is 9.78 Å². The number of carbonyl (C=O) groups excluding carboxylic acids is 1. The summed E-state index contributed by atoms with van der Waals surface area (Å²) < 4.78 is 27.8. The van der Waals surface area contributed by atoms with Gasteiger partial charge in [0.2, 0.25) is 0 Å². The lowest BCUT2D eigenvalue weighted by atomic mass is 10.1. The fourth-order valence-electron chi connectivity index (χ4n) is 1.94. The van der Waals surface area contributed by atoms with Gasteiger partial charge in [-0.05, 0) is 31.2 Å². The van der Waals surface area contributed by atoms with Gasteiger partial charge in [-0.15, -0.1) is 0 Å². The van der Waals surface area contributed by atoms with Crippen molar-refractivity contribution in [3.63, 3.8) is 0 Å². The van der Waals surface area contributed by atoms with E-state index in [1.54, 1.807) is 6.07 Å². The van der Waals surface area contributed by atoms with E-state index in [1.165, 1.54) is 11.9 Å². The molecule has 1 amide bonds. The van der Waals surface area contributed by atoms with Crippen LogP contribution in [0.4, 0.5) is 8.78 Å². The fourth-order valence-corrected chi connectivity index (χ4v) is 2.34. The Hall–Kier alpha value is -1.82. The van der Waals surface area contributed by atoms with Crippen molar-refractivity contribution in [2.75, 3.05) is 7.05 Å². The second-order valence-electron chi connectivity index (χ2n) is 4.68. The molecule has 21 heavy (non-hydrogen) atoms. The molecule has 1 heterocycles. The van der Waals surface area contributed by atoms with Crippen LogP contribution >= 0.6 is 15.9 Å². The van der Waals surface area contributed by atoms with Crippen molar-refractivity contribution in [3.05, 3.63) is 63.4 Å². The molecule has 0 unspecified atom stereocenters. The lowest BCUT2D eigenvalue weighted by molar-refractivity contribution is 0.0773. The van der Waals surface area contributed by atoms with Gasteiger partial charge in [0.25, 0.3) is 5.91 Å². The van der Waals surface area contributed by atoms with E-state index in [0.717, 1.165) is 17.8 Å². The number of aromatic nitrogens is 1. The van der Waals surface area contributed by atoms with Crippen LogP contribution in [0.15, 0.2) is 34.8 Å². The molecule has 0 aliphatic rings. The monoisotopic (exact) mass is 354 g/mol. The number of hydrogen-bond donors (Lipinski definition) is 0. The zero-order valence-electron chi connectivity index (χ0n) is 11.5. The molecular formula is C15H13BrF2N2O. The Morgan fingerprint density at radius 3 is 2.48 bits per heavy atom. The van der Waals surface area contributed by atoms with Crippen LogP contribution < -0.4 is 0 Å². The Bertz CT molecular complexity index is 668. The summed E-state index contributed by atoms with van der Waals surface area (Å²) in [6, 6.07) is 7.53. The molecule has 6 heteroatoms. The van der Waals surface area contributed by atoms with E-state index in [4.69, 9.17) is 0 Å². The highest BCUT2D eigenvalue weighted by atomic mass is 79.9. The molecular weight excluding hydrogens is 342 g/mol. The molecule has 3 nitrogen and oxygen atoms in total. The van der Waals surface area contributed by atoms with Gasteiger partial charge < -0.3 is 4.90 Å². The van der Waals surface area contributed by atoms with Crippen molar-refractivity contribution < 1.29 is 13.6 Å². The van der Waals surface area contributed by atoms with Gasteiger partial charge >= 0.3 is 0 Å². The van der Waals surface area contributed by atoms with E-state index in [-0.39, 0.29) is 11.0 Å². The minimum atomic E-state index is -0.893. The Morgan fingerprint density at radius 1 is 1.29 bits per heavy atom. The number of carbonyl (C=O) groups is 1. The average Bonchev–Trinajstić information content (AvgIpc) is 2.37. The molecule has 0 fully saturated rings. The van der Waals surface area contributed by atoms with Crippen LogP contribution in [0.5, 0.6) is 0 Å². The third-order valence-corrected chi connectivity index (χ3v) is 3.37. The van der Waals surface area contributed by atoms with E-state index >= 15 is 0 Å². The maximum Gasteiger partial charge on any atom is 0.259 e. The second kappa shape index (κ2) is 6.30. The molecule has 0 radical (unpaired) electrons. The largest absolute Gasteiger partial charge is 0.336 e. The zero-order valence-corrected chi connectivity index (χ0v) is 13.1. The molecule has 2 aromatic rings. The summed E-state index contributed by atoms with van der Waals surface area (Å²) in [6.45, 7) is 2.01. The Morgan fingerprint density at radius 2 is 1.90 bits per heavy atom. The Labute approximate surface area is 129 Å². The molecule has 0 aliphatic carbocycles. The van der Waals surface area contributed by atoms with Crippen molar-refractivity contribution in [1.29, 1.82) is 0 Å². The highest BCUT2D eigenvalue weighted by Gasteiger charge is 2.22. The lowest BCUT2D eigenvalue weighted by Gasteiger charge is -2.18. The molecule has 0 saturated heterocycles. The number of hydrogen-bond acceptors (Lipinski definition) is 2. The molecule has 0 saturated carbocycles. The third kappa shape index (κ3) is 3.64. The number of pyridine rings is 1. The average molecular weight is 355 g/mol. The fraction of sp³-hybridized carbons (Fsp3) is 0.200. The van der Waals surface area contributed by atoms with Gasteiger partial charge in [0, 0.05) is 17.2 Å². The molecule has 1 aromatic carbocycles. The van der Waals surface area contributed by atoms with Crippen LogP contribution in [0.25, 0.3) is 0 Å². The number of rotatable bonds is 3. The summed E-state index contributed by atoms with van der Waals surface area (Å²) in [5, 5.41) is 0. The Balaban J connectivity index is 2.24. The minimum absolute atomic E-state index is 0.176. The molecule has 110 valence electrons. The van der Waals surface area contributed by atoms with E-state index in [2.05, 4.69) is 20.9 Å². The van der Waals surface area contributed by atoms with Gasteiger partial charge in [-0.1, -0.05) is 22.0 Å². The number of aryl methyl sites for hydroxylation is 1. The summed E-state index contributed by atoms with van der Waals surface area (Å²) in [4.78, 5) is 17.7. The van der Waals surface area contributed by atoms with Crippen LogP contribution in [0.2, 0.25) is 0 Å². The van der Waals surface area contributed by atoms with Crippen LogP contribution in [0.3, 0.4) is 0 Å². The topological polar surface area (TPSA) is 33.2 Å². The van der Waals surface area contributed by atoms with Crippen molar-refractivity contribution >= 4 is 21.8 Å². The van der Waals surface area contributed by atoms with Crippen LogP contribution in [-0.2, 0) is 6.54 Å². The molecule has 1 aromatic heterocycles. The SMILES string of the molecule is Cc1cccc(CN(C)C(=O)c2c(F)cc(Br)cc2F)n1. The minimum Gasteiger partial charge on any atom is -0.336 e. The van der Waals surface area contributed by atoms with Gasteiger partial charge in [0.05, 0.1) is 12.2 Å². The summed E-state index contributed by atoms with van der Waals surface area (Å²) in [5.41, 5.74) is 0.909. The zero-order chi connectivity index (χ0) is 15.6. The van der Waals surface area contributed by atoms with E-state index < -0.39 is 23.1 Å². The van der Waals surface area contributed by atoms with E-state index in [1.807, 2.05) is 19.1 Å². The van der Waals surface area contributed by atoms with E-state index in [9.17, 15) is 13.6 Å². The maximum absolute atomic E-state index is 13.8. The summed E-state index contributed by atoms with van der Waals surface area (Å²) in [6.07, 6.45) is 0. The van der Waals surface area contributed by atoms with Crippen molar-refractivity contribution in [2.24, 2.45) is 0 Å². The summed E-state index contributed by atoms with van der Waals surface area (Å²) in [7, 11) is 1.48. The van der Waals surface area contributed by atoms with Crippen molar-refractivity contribution in [3.8, 4) is 0 Å². The quantitative estimate of drug-likeness (QED) is 0.841. The van der Waals surface area contributed by atoms with Gasteiger partial charge in [-0.2, -0.15) is 0 Å². The van der Waals surface area contributed by atoms with Crippen LogP contribution in [0.1, 0.15) is 21.7 Å². The number of benzene rings is 1. The molecule has 0 atom stereocenters. The van der Waals surface area contributed by atoms with Gasteiger partial charge in [-0.25, -0.2) is 8.78 Å². The van der Waals surface area contributed by atoms with Crippen LogP contribution in [0, 0.1) is 18.6 Å². The first-order valence-corrected chi connectivity index (χ1v) is 7.00. The lowest BCUT2D eigenvalue weighted by Crippen LogP contribution is -2.28. The molecule has 2 rings (SSSR count). The van der Waals surface area contributed by atoms with E-state index in [0.29, 0.717) is 5.69 Å². The number of halogens is 3. The van der Waals surface area contributed by atoms with Crippen molar-refractivity contribution in [2.45, 2.75) is 13.5 Å². The number of nitrogens with zero attached hydrogens (tertiary/aromatic N) is 2. The molecule has 0 aliphatic heterocycles. The first-order chi connectivity index (χ1) is 9.88. The highest BCUT2D eigenvalue weighted by molar-refractivity contribution is 9.10. The maximum atomic E-state index is 13.8. The first-order valence-electron chi connectivity index (χ1n) is 6.21. The van der Waals surface area contributed by atoms with Crippen LogP contribution in [-0.4, -0.2) is 22.8 Å². The smallest absolute Gasteiger partial charge is 0.259 e. The molecule has 0 spiro atoms. The second-order valence-corrected chi connectivity index (χ2v) is 5.59. The molecule has 0 N–H and O–H groups in total. The summed E-state index contributed by atoms with van der Waals surface area (Å²) >= 11 is 2.98. The molecule has 0 bridgehead atoms. The Kier molecular flexibility index (Phi) is 4.67.